The number of ether oxygens (including phenoxy) is 1. The molecule has 4 aliphatic rings. The van der Waals surface area contributed by atoms with E-state index in [1.165, 1.54) is 16.5 Å². The average molecular weight is 848 g/mol. The molecule has 3 saturated heterocycles. The fourth-order valence-corrected chi connectivity index (χ4v) is 9.89. The number of rotatable bonds is 10. The van der Waals surface area contributed by atoms with E-state index in [1.54, 1.807) is 34.7 Å². The van der Waals surface area contributed by atoms with Crippen LogP contribution < -0.4 is 10.6 Å². The first kappa shape index (κ1) is 40.9. The fourth-order valence-electron chi connectivity index (χ4n) is 8.73. The second kappa shape index (κ2) is 17.5. The molecule has 4 aliphatic heterocycles. The van der Waals surface area contributed by atoms with Crippen LogP contribution in [0, 0.1) is 0 Å². The van der Waals surface area contributed by atoms with Gasteiger partial charge in [0.1, 0.15) is 11.5 Å². The van der Waals surface area contributed by atoms with E-state index in [1.807, 2.05) is 18.7 Å². The lowest BCUT2D eigenvalue weighted by molar-refractivity contribution is -0.134. The number of aromatic nitrogens is 4. The number of carbonyl (C=O) groups is 2. The fraction of sp³-hybridized carbons (Fsp3) is 0.455. The molecule has 9 rings (SSSR count). The number of nitrogens with zero attached hydrogens (tertiary/aromatic N) is 10. The Morgan fingerprint density at radius 2 is 1.48 bits per heavy atom. The number of fused-ring (bicyclic) bond motifs is 2. The minimum atomic E-state index is -0.247. The van der Waals surface area contributed by atoms with Crippen LogP contribution in [0.1, 0.15) is 57.3 Å². The number of phenolic OH excluding ortho intramolecular Hbond substituents is 2. The summed E-state index contributed by atoms with van der Waals surface area (Å²) < 4.78 is 6.70. The number of hydrogen-bond donors (Lipinski definition) is 3. The molecule has 320 valence electrons. The summed E-state index contributed by atoms with van der Waals surface area (Å²) in [6.45, 7) is 16.2. The second-order valence-corrected chi connectivity index (χ2v) is 17.9. The lowest BCUT2D eigenvalue weighted by Crippen LogP contribution is -2.53. The van der Waals surface area contributed by atoms with Crippen molar-refractivity contribution in [2.24, 2.45) is 0 Å². The molecule has 3 fully saturated rings. The van der Waals surface area contributed by atoms with Gasteiger partial charge in [-0.25, -0.2) is 19.9 Å². The standard InChI is InChI=1S/C44H53N11O5S/c1-28(2)34-19-35(38(57)20-37(34)56)43(59)55-24-30-4-3-29(17-31(30)25-55)23-50-9-11-53(12-10-50)39(58)27-52-7-5-51(6-8-52)26-33-18-36-40(61-33)42(54-13-15-60-16-14-54)49-41(48-36)32-21-46-44(45)47-22-32/h3-4,17-22,28,56-57H,5-16,23-27H2,1-2H3,(H2,45,46,47). The van der Waals surface area contributed by atoms with E-state index in [4.69, 9.17) is 20.4 Å². The van der Waals surface area contributed by atoms with Crippen molar-refractivity contribution in [3.63, 3.8) is 0 Å². The second-order valence-electron chi connectivity index (χ2n) is 16.8. The number of piperazine rings is 2. The van der Waals surface area contributed by atoms with Crippen LogP contribution in [0.5, 0.6) is 11.5 Å². The molecule has 0 saturated carbocycles. The molecule has 0 radical (unpaired) electrons. The van der Waals surface area contributed by atoms with Crippen molar-refractivity contribution in [2.45, 2.75) is 45.9 Å². The molecule has 2 amide bonds. The van der Waals surface area contributed by atoms with Crippen LogP contribution in [0.2, 0.25) is 0 Å². The van der Waals surface area contributed by atoms with E-state index in [-0.39, 0.29) is 40.7 Å². The van der Waals surface area contributed by atoms with Gasteiger partial charge in [-0.15, -0.1) is 11.3 Å². The normalized spacial score (nSPS) is 18.0. The van der Waals surface area contributed by atoms with Crippen LogP contribution in [0.25, 0.3) is 21.6 Å². The first-order valence-corrected chi connectivity index (χ1v) is 22.0. The number of anilines is 2. The van der Waals surface area contributed by atoms with Crippen LogP contribution in [0.15, 0.2) is 48.8 Å². The van der Waals surface area contributed by atoms with Crippen LogP contribution >= 0.6 is 11.3 Å². The van der Waals surface area contributed by atoms with E-state index >= 15 is 0 Å². The first-order valence-electron chi connectivity index (χ1n) is 21.2. The largest absolute Gasteiger partial charge is 0.508 e. The number of morpholine rings is 1. The molecule has 0 unspecified atom stereocenters. The summed E-state index contributed by atoms with van der Waals surface area (Å²) in [6, 6.07) is 11.5. The van der Waals surface area contributed by atoms with E-state index in [2.05, 4.69) is 53.8 Å². The van der Waals surface area contributed by atoms with Crippen LogP contribution in [-0.4, -0.2) is 152 Å². The summed E-state index contributed by atoms with van der Waals surface area (Å²) in [4.78, 5) is 59.6. The molecule has 17 heteroatoms. The van der Waals surface area contributed by atoms with Crippen molar-refractivity contribution in [2.75, 3.05) is 95.8 Å². The number of aromatic hydroxyl groups is 2. The topological polar surface area (TPSA) is 181 Å². The van der Waals surface area contributed by atoms with Gasteiger partial charge in [0.15, 0.2) is 11.6 Å². The van der Waals surface area contributed by atoms with Gasteiger partial charge in [0, 0.05) is 115 Å². The Hall–Kier alpha value is -5.46. The number of carbonyl (C=O) groups excluding carboxylic acids is 2. The SMILES string of the molecule is CC(C)c1cc(C(=O)N2Cc3ccc(CN4CCN(C(=O)CN5CCN(Cc6cc7nc(-c8cnc(N)nc8)nc(N8CCOCC8)c7s6)CC5)CC4)cc3C2)c(O)cc1O. The maximum absolute atomic E-state index is 13.5. The number of nitrogens with two attached hydrogens (primary N) is 1. The summed E-state index contributed by atoms with van der Waals surface area (Å²) in [5.41, 5.74) is 11.6. The van der Waals surface area contributed by atoms with Crippen molar-refractivity contribution in [1.82, 2.24) is 44.4 Å². The number of thiophene rings is 1. The highest BCUT2D eigenvalue weighted by atomic mass is 32.1. The van der Waals surface area contributed by atoms with Crippen molar-refractivity contribution in [1.29, 1.82) is 0 Å². The van der Waals surface area contributed by atoms with Gasteiger partial charge in [0.05, 0.1) is 41.1 Å². The molecule has 7 heterocycles. The molecule has 0 aliphatic carbocycles. The Morgan fingerprint density at radius 1 is 0.787 bits per heavy atom. The predicted octanol–water partition coefficient (Wildman–Crippen LogP) is 3.72. The number of amides is 2. The van der Waals surface area contributed by atoms with Crippen LogP contribution in [0.3, 0.4) is 0 Å². The van der Waals surface area contributed by atoms with Gasteiger partial charge in [-0.05, 0) is 40.3 Å². The maximum atomic E-state index is 13.5. The molecule has 16 nitrogen and oxygen atoms in total. The van der Waals surface area contributed by atoms with Crippen molar-refractivity contribution in [3.8, 4) is 22.9 Å². The Bertz CT molecular complexity index is 2410. The van der Waals surface area contributed by atoms with Gasteiger partial charge in [-0.3, -0.25) is 24.3 Å². The molecule has 0 atom stereocenters. The smallest absolute Gasteiger partial charge is 0.258 e. The number of nitrogen functional groups attached to an aromatic ring is 1. The zero-order valence-electron chi connectivity index (χ0n) is 34.8. The lowest BCUT2D eigenvalue weighted by atomic mass is 9.98. The molecule has 61 heavy (non-hydrogen) atoms. The highest BCUT2D eigenvalue weighted by molar-refractivity contribution is 7.19. The molecular formula is C44H53N11O5S. The minimum absolute atomic E-state index is 0.00335. The summed E-state index contributed by atoms with van der Waals surface area (Å²) in [5.74, 6) is 1.46. The van der Waals surface area contributed by atoms with Crippen molar-refractivity contribution >= 4 is 45.1 Å². The van der Waals surface area contributed by atoms with Gasteiger partial charge in [-0.1, -0.05) is 32.0 Å². The summed E-state index contributed by atoms with van der Waals surface area (Å²) in [7, 11) is 0. The molecule has 4 N–H and O–H groups in total. The highest BCUT2D eigenvalue weighted by Gasteiger charge is 2.29. The number of hydrogen-bond acceptors (Lipinski definition) is 15. The summed E-state index contributed by atoms with van der Waals surface area (Å²) in [5, 5.41) is 20.8. The highest BCUT2D eigenvalue weighted by Crippen LogP contribution is 2.36. The first-order chi connectivity index (χ1) is 29.5. The summed E-state index contributed by atoms with van der Waals surface area (Å²) in [6.07, 6.45) is 3.33. The molecule has 2 aromatic carbocycles. The van der Waals surface area contributed by atoms with Gasteiger partial charge in [0.25, 0.3) is 5.91 Å². The third-order valence-electron chi connectivity index (χ3n) is 12.3. The molecule has 3 aromatic heterocycles. The van der Waals surface area contributed by atoms with E-state index in [0.717, 1.165) is 98.2 Å². The number of benzene rings is 2. The number of phenols is 2. The minimum Gasteiger partial charge on any atom is -0.508 e. The van der Waals surface area contributed by atoms with Crippen LogP contribution in [0.4, 0.5) is 11.8 Å². The van der Waals surface area contributed by atoms with Gasteiger partial charge < -0.3 is 35.4 Å². The monoisotopic (exact) mass is 847 g/mol. The quantitative estimate of drug-likeness (QED) is 0.185. The molecule has 5 aromatic rings. The third-order valence-corrected chi connectivity index (χ3v) is 13.4. The average Bonchev–Trinajstić information content (AvgIpc) is 3.88. The van der Waals surface area contributed by atoms with Crippen molar-refractivity contribution in [3.05, 3.63) is 81.5 Å². The Balaban J connectivity index is 0.744. The third kappa shape index (κ3) is 8.97. The Kier molecular flexibility index (Phi) is 11.7. The zero-order chi connectivity index (χ0) is 42.2. The maximum Gasteiger partial charge on any atom is 0.258 e. The Morgan fingerprint density at radius 3 is 2.21 bits per heavy atom. The zero-order valence-corrected chi connectivity index (χ0v) is 35.6. The van der Waals surface area contributed by atoms with Gasteiger partial charge in [-0.2, -0.15) is 0 Å². The Labute approximate surface area is 359 Å². The molecule has 0 spiro atoms. The molecule has 0 bridgehead atoms. The van der Waals surface area contributed by atoms with E-state index in [9.17, 15) is 19.8 Å². The van der Waals surface area contributed by atoms with Crippen LogP contribution in [-0.2, 0) is 35.7 Å². The van der Waals surface area contributed by atoms with E-state index < -0.39 is 0 Å². The van der Waals surface area contributed by atoms with Gasteiger partial charge in [0.2, 0.25) is 11.9 Å². The van der Waals surface area contributed by atoms with Crippen molar-refractivity contribution < 1.29 is 24.5 Å². The molecular weight excluding hydrogens is 795 g/mol. The predicted molar refractivity (Wildman–Crippen MR) is 233 cm³/mol. The van der Waals surface area contributed by atoms with Gasteiger partial charge >= 0.3 is 0 Å². The lowest BCUT2D eigenvalue weighted by Gasteiger charge is -2.38. The summed E-state index contributed by atoms with van der Waals surface area (Å²) >= 11 is 1.75. The van der Waals surface area contributed by atoms with E-state index in [0.29, 0.717) is 57.3 Å².